The number of nitrogens with one attached hydrogen (secondary N) is 1. The first-order valence-electron chi connectivity index (χ1n) is 8.78. The Kier molecular flexibility index (Phi) is 4.51. The Labute approximate surface area is 150 Å². The first-order valence-corrected chi connectivity index (χ1v) is 8.78. The predicted molar refractivity (Wildman–Crippen MR) is 96.2 cm³/mol. The Balaban J connectivity index is 1.43. The Bertz CT molecular complexity index is 925. The van der Waals surface area contributed by atoms with E-state index >= 15 is 0 Å². The molecule has 1 fully saturated rings. The molecule has 1 atom stereocenters. The highest BCUT2D eigenvalue weighted by molar-refractivity contribution is 5.79. The number of pyridine rings is 1. The molecule has 2 aromatic heterocycles. The van der Waals surface area contributed by atoms with Crippen molar-refractivity contribution in [3.63, 3.8) is 0 Å². The molecule has 3 aromatic rings. The summed E-state index contributed by atoms with van der Waals surface area (Å²) in [5.41, 5.74) is 1.28. The second-order valence-corrected chi connectivity index (χ2v) is 6.52. The molecule has 1 aliphatic heterocycles. The maximum absolute atomic E-state index is 13.7. The molecule has 1 N–H and O–H groups in total. The maximum atomic E-state index is 13.7. The molecular formula is C19H20FN5O. The summed E-state index contributed by atoms with van der Waals surface area (Å²) in [7, 11) is 0. The first-order chi connectivity index (χ1) is 12.7. The average molecular weight is 353 g/mol. The number of rotatable bonds is 4. The molecule has 1 amide bonds. The molecule has 1 aromatic carbocycles. The van der Waals surface area contributed by atoms with Crippen molar-refractivity contribution in [2.75, 3.05) is 18.0 Å². The highest BCUT2D eigenvalue weighted by Crippen LogP contribution is 2.22. The number of anilines is 1. The van der Waals surface area contributed by atoms with Gasteiger partial charge in [-0.3, -0.25) is 9.20 Å². The zero-order valence-electron chi connectivity index (χ0n) is 14.3. The van der Waals surface area contributed by atoms with E-state index in [1.165, 1.54) is 6.07 Å². The van der Waals surface area contributed by atoms with Gasteiger partial charge in [-0.25, -0.2) is 4.39 Å². The van der Waals surface area contributed by atoms with Gasteiger partial charge in [0.05, 0.1) is 5.92 Å². The fraction of sp³-hybridized carbons (Fsp3) is 0.316. The van der Waals surface area contributed by atoms with Crippen LogP contribution in [0.15, 0.2) is 48.7 Å². The summed E-state index contributed by atoms with van der Waals surface area (Å²) in [4.78, 5) is 14.7. The Morgan fingerprint density at radius 3 is 2.92 bits per heavy atom. The van der Waals surface area contributed by atoms with Crippen LogP contribution in [-0.2, 0) is 11.3 Å². The number of amides is 1. The van der Waals surface area contributed by atoms with Crippen molar-refractivity contribution in [1.29, 1.82) is 0 Å². The lowest BCUT2D eigenvalue weighted by Gasteiger charge is -2.32. The number of benzene rings is 1. The number of piperidine rings is 1. The van der Waals surface area contributed by atoms with Crippen molar-refractivity contribution < 1.29 is 9.18 Å². The van der Waals surface area contributed by atoms with E-state index < -0.39 is 0 Å². The van der Waals surface area contributed by atoms with Crippen molar-refractivity contribution in [3.8, 4) is 0 Å². The summed E-state index contributed by atoms with van der Waals surface area (Å²) in [6.07, 6.45) is 3.64. The lowest BCUT2D eigenvalue weighted by atomic mass is 9.97. The van der Waals surface area contributed by atoms with Crippen LogP contribution in [0.5, 0.6) is 0 Å². The minimum absolute atomic E-state index is 0.0493. The summed E-state index contributed by atoms with van der Waals surface area (Å²) in [6, 6.07) is 12.3. The lowest BCUT2D eigenvalue weighted by molar-refractivity contribution is -0.125. The predicted octanol–water partition coefficient (Wildman–Crippen LogP) is 2.40. The number of halogens is 1. The minimum Gasteiger partial charge on any atom is -0.352 e. The smallest absolute Gasteiger partial charge is 0.231 e. The number of fused-ring (bicyclic) bond motifs is 1. The molecule has 0 bridgehead atoms. The van der Waals surface area contributed by atoms with Gasteiger partial charge in [-0.05, 0) is 31.0 Å². The van der Waals surface area contributed by atoms with E-state index in [9.17, 15) is 9.18 Å². The van der Waals surface area contributed by atoms with Crippen LogP contribution in [0.1, 0.15) is 18.4 Å². The van der Waals surface area contributed by atoms with E-state index in [1.807, 2.05) is 28.8 Å². The SMILES string of the molecule is O=C(NCc1ccccc1F)C1CCCN(c2nnc3ccccn23)C1. The molecule has 26 heavy (non-hydrogen) atoms. The van der Waals surface area contributed by atoms with E-state index in [1.54, 1.807) is 18.2 Å². The van der Waals surface area contributed by atoms with Gasteiger partial charge in [-0.15, -0.1) is 10.2 Å². The van der Waals surface area contributed by atoms with Crippen molar-refractivity contribution in [1.82, 2.24) is 19.9 Å². The number of hydrogen-bond donors (Lipinski definition) is 1. The van der Waals surface area contributed by atoms with Gasteiger partial charge in [0, 0.05) is 31.4 Å². The van der Waals surface area contributed by atoms with E-state index in [4.69, 9.17) is 0 Å². The summed E-state index contributed by atoms with van der Waals surface area (Å²) in [6.45, 7) is 1.63. The molecule has 0 spiro atoms. The quantitative estimate of drug-likeness (QED) is 0.782. The molecule has 134 valence electrons. The summed E-state index contributed by atoms with van der Waals surface area (Å²) in [5, 5.41) is 11.3. The maximum Gasteiger partial charge on any atom is 0.231 e. The Morgan fingerprint density at radius 2 is 2.04 bits per heavy atom. The fourth-order valence-corrected chi connectivity index (χ4v) is 3.39. The van der Waals surface area contributed by atoms with Crippen LogP contribution in [-0.4, -0.2) is 33.6 Å². The summed E-state index contributed by atoms with van der Waals surface area (Å²) >= 11 is 0. The van der Waals surface area contributed by atoms with E-state index in [2.05, 4.69) is 20.4 Å². The molecule has 0 radical (unpaired) electrons. The topological polar surface area (TPSA) is 62.5 Å². The molecule has 0 aliphatic carbocycles. The van der Waals surface area contributed by atoms with Crippen LogP contribution in [0, 0.1) is 11.7 Å². The van der Waals surface area contributed by atoms with Crippen LogP contribution in [0.25, 0.3) is 5.65 Å². The monoisotopic (exact) mass is 353 g/mol. The van der Waals surface area contributed by atoms with Gasteiger partial charge in [0.25, 0.3) is 0 Å². The number of carbonyl (C=O) groups excluding carboxylic acids is 1. The molecule has 7 heteroatoms. The highest BCUT2D eigenvalue weighted by Gasteiger charge is 2.28. The third-order valence-corrected chi connectivity index (χ3v) is 4.78. The molecule has 3 heterocycles. The Hall–Kier alpha value is -2.96. The first kappa shape index (κ1) is 16.5. The van der Waals surface area contributed by atoms with E-state index in [0.717, 1.165) is 31.0 Å². The number of carbonyl (C=O) groups is 1. The van der Waals surface area contributed by atoms with Gasteiger partial charge < -0.3 is 10.2 Å². The number of hydrogen-bond acceptors (Lipinski definition) is 4. The van der Waals surface area contributed by atoms with Gasteiger partial charge in [0.1, 0.15) is 5.82 Å². The second kappa shape index (κ2) is 7.11. The van der Waals surface area contributed by atoms with Crippen LogP contribution in [0.2, 0.25) is 0 Å². The van der Waals surface area contributed by atoms with Crippen molar-refractivity contribution in [2.45, 2.75) is 19.4 Å². The lowest BCUT2D eigenvalue weighted by Crippen LogP contribution is -2.43. The average Bonchev–Trinajstić information content (AvgIpc) is 3.11. The van der Waals surface area contributed by atoms with Crippen molar-refractivity contribution in [3.05, 3.63) is 60.0 Å². The standard InChI is InChI=1S/C19H20FN5O/c20-16-8-2-1-6-14(16)12-21-18(26)15-7-5-10-24(13-15)19-23-22-17-9-3-4-11-25(17)19/h1-4,6,8-9,11,15H,5,7,10,12-13H2,(H,21,26). The van der Waals surface area contributed by atoms with Crippen molar-refractivity contribution >= 4 is 17.5 Å². The normalized spacial score (nSPS) is 17.4. The molecular weight excluding hydrogens is 333 g/mol. The number of nitrogens with zero attached hydrogens (tertiary/aromatic N) is 4. The summed E-state index contributed by atoms with van der Waals surface area (Å²) < 4.78 is 15.6. The van der Waals surface area contributed by atoms with Gasteiger partial charge in [0.2, 0.25) is 11.9 Å². The Morgan fingerprint density at radius 1 is 1.19 bits per heavy atom. The van der Waals surface area contributed by atoms with Crippen LogP contribution in [0.3, 0.4) is 0 Å². The molecule has 1 unspecified atom stereocenters. The fourth-order valence-electron chi connectivity index (χ4n) is 3.39. The van der Waals surface area contributed by atoms with E-state index in [-0.39, 0.29) is 24.2 Å². The summed E-state index contributed by atoms with van der Waals surface area (Å²) in [5.74, 6) is 0.263. The second-order valence-electron chi connectivity index (χ2n) is 6.52. The molecule has 0 saturated carbocycles. The van der Waals surface area contributed by atoms with Gasteiger partial charge >= 0.3 is 0 Å². The third-order valence-electron chi connectivity index (χ3n) is 4.78. The largest absolute Gasteiger partial charge is 0.352 e. The molecule has 6 nitrogen and oxygen atoms in total. The molecule has 4 rings (SSSR count). The zero-order valence-corrected chi connectivity index (χ0v) is 14.3. The minimum atomic E-state index is -0.298. The van der Waals surface area contributed by atoms with Crippen LogP contribution >= 0.6 is 0 Å². The molecule has 1 aliphatic rings. The van der Waals surface area contributed by atoms with Gasteiger partial charge in [0.15, 0.2) is 5.65 Å². The molecule has 1 saturated heterocycles. The van der Waals surface area contributed by atoms with Gasteiger partial charge in [-0.2, -0.15) is 0 Å². The van der Waals surface area contributed by atoms with E-state index in [0.29, 0.717) is 12.1 Å². The zero-order chi connectivity index (χ0) is 17.9. The third kappa shape index (κ3) is 3.24. The van der Waals surface area contributed by atoms with Crippen LogP contribution in [0.4, 0.5) is 10.3 Å². The highest BCUT2D eigenvalue weighted by atomic mass is 19.1. The van der Waals surface area contributed by atoms with Crippen molar-refractivity contribution in [2.24, 2.45) is 5.92 Å². The van der Waals surface area contributed by atoms with Crippen LogP contribution < -0.4 is 10.2 Å². The van der Waals surface area contributed by atoms with Gasteiger partial charge in [-0.1, -0.05) is 24.3 Å². The number of aromatic nitrogens is 3.